The first kappa shape index (κ1) is 31.2. The van der Waals surface area contributed by atoms with Gasteiger partial charge >= 0.3 is 12.1 Å². The second-order valence-corrected chi connectivity index (χ2v) is 13.5. The maximum absolute atomic E-state index is 15.4. The van der Waals surface area contributed by atoms with Gasteiger partial charge in [0.05, 0.1) is 38.5 Å². The van der Waals surface area contributed by atoms with E-state index in [1.807, 2.05) is 0 Å². The summed E-state index contributed by atoms with van der Waals surface area (Å²) in [7, 11) is -2.03. The molecule has 0 bridgehead atoms. The summed E-state index contributed by atoms with van der Waals surface area (Å²) >= 11 is 0. The monoisotopic (exact) mass is 649 g/mol. The van der Waals surface area contributed by atoms with Crippen molar-refractivity contribution in [1.29, 1.82) is 0 Å². The minimum Gasteiger partial charge on any atom is -0.492 e. The minimum absolute atomic E-state index is 0.0788. The van der Waals surface area contributed by atoms with Gasteiger partial charge in [-0.2, -0.15) is 17.5 Å². The van der Waals surface area contributed by atoms with Gasteiger partial charge in [0, 0.05) is 29.7 Å². The van der Waals surface area contributed by atoms with Crippen molar-refractivity contribution in [3.63, 3.8) is 0 Å². The number of ether oxygens (including phenoxy) is 4. The van der Waals surface area contributed by atoms with E-state index in [4.69, 9.17) is 18.9 Å². The fourth-order valence-electron chi connectivity index (χ4n) is 6.35. The molecule has 3 aromatic carbocycles. The quantitative estimate of drug-likeness (QED) is 0.218. The van der Waals surface area contributed by atoms with E-state index < -0.39 is 33.7 Å². The van der Waals surface area contributed by atoms with Crippen molar-refractivity contribution in [2.75, 3.05) is 33.1 Å². The third kappa shape index (κ3) is 6.32. The summed E-state index contributed by atoms with van der Waals surface area (Å²) in [6, 6.07) is 11.7. The number of hydrogen-bond acceptors (Lipinski definition) is 7. The number of hydrogen-bond donors (Lipinski definition) is 0. The lowest BCUT2D eigenvalue weighted by atomic mass is 9.91. The molecule has 0 spiro atoms. The van der Waals surface area contributed by atoms with Crippen LogP contribution < -0.4 is 14.2 Å². The van der Waals surface area contributed by atoms with Crippen molar-refractivity contribution in [2.24, 2.45) is 0 Å². The zero-order valence-electron chi connectivity index (χ0n) is 24.5. The van der Waals surface area contributed by atoms with Crippen LogP contribution in [-0.4, -0.2) is 57.9 Å². The van der Waals surface area contributed by atoms with Gasteiger partial charge < -0.3 is 18.9 Å². The number of carbonyl (C=O) groups excluding carboxylic acids is 1. The smallest absolute Gasteiger partial charge is 0.417 e. The van der Waals surface area contributed by atoms with Crippen LogP contribution in [0.25, 0.3) is 11.1 Å². The van der Waals surface area contributed by atoms with Crippen molar-refractivity contribution in [3.8, 4) is 28.4 Å². The number of nitrogens with zero attached hydrogens (tertiary/aromatic N) is 1. The lowest BCUT2D eigenvalue weighted by molar-refractivity contribution is -0.141. The molecule has 3 atom stereocenters. The first-order valence-electron chi connectivity index (χ1n) is 14.5. The molecule has 3 aromatic rings. The van der Waals surface area contributed by atoms with E-state index in [2.05, 4.69) is 0 Å². The van der Waals surface area contributed by atoms with Crippen molar-refractivity contribution in [2.45, 2.75) is 50.0 Å². The van der Waals surface area contributed by atoms with Crippen molar-refractivity contribution in [3.05, 3.63) is 76.6 Å². The Labute approximate surface area is 257 Å². The van der Waals surface area contributed by atoms with Crippen LogP contribution in [0, 0.1) is 5.82 Å². The fourth-order valence-corrected chi connectivity index (χ4v) is 7.23. The van der Waals surface area contributed by atoms with Crippen LogP contribution in [0.5, 0.6) is 17.2 Å². The molecule has 6 rings (SSSR count). The van der Waals surface area contributed by atoms with Crippen LogP contribution in [0.1, 0.15) is 53.5 Å². The van der Waals surface area contributed by atoms with Crippen LogP contribution in [0.4, 0.5) is 17.6 Å². The number of carbonyl (C=O) groups is 1. The lowest BCUT2D eigenvalue weighted by Crippen LogP contribution is -2.29. The summed E-state index contributed by atoms with van der Waals surface area (Å²) in [5, 5.41) is 0. The van der Waals surface area contributed by atoms with Crippen LogP contribution in [0.15, 0.2) is 48.5 Å². The number of alkyl halides is 3. The standard InChI is InChI=1S/C32H31F4NO7S/c1-41-29(38)13-19-17-42-28-14-21(7-8-23(19)28)44-27-10-9-24-30(25(32(34,35)36)15-26(33)31(24)27)18-3-5-20(6-4-18)43-22-11-12-37(16-22)45(2,39)40/h3-8,14-15,19,22,27H,9-13,16-17H2,1-2H3. The van der Waals surface area contributed by atoms with Gasteiger partial charge in [0.1, 0.15) is 35.3 Å². The molecule has 2 heterocycles. The molecule has 3 aliphatic rings. The minimum atomic E-state index is -4.81. The molecule has 0 saturated carbocycles. The molecule has 45 heavy (non-hydrogen) atoms. The Balaban J connectivity index is 1.26. The number of fused-ring (bicyclic) bond motifs is 2. The highest BCUT2D eigenvalue weighted by Crippen LogP contribution is 2.48. The summed E-state index contributed by atoms with van der Waals surface area (Å²) < 4.78 is 106. The SMILES string of the molecule is COC(=O)CC1COc2cc(OC3CCc4c(-c5ccc(OC6CCN(S(C)(=O)=O)C6)cc5)c(C(F)(F)F)cc(F)c43)ccc21. The van der Waals surface area contributed by atoms with Crippen LogP contribution >= 0.6 is 0 Å². The zero-order chi connectivity index (χ0) is 32.1. The summed E-state index contributed by atoms with van der Waals surface area (Å²) in [5.74, 6) is -0.241. The molecule has 8 nitrogen and oxygen atoms in total. The van der Waals surface area contributed by atoms with E-state index in [0.29, 0.717) is 42.9 Å². The Hall–Kier alpha value is -3.84. The molecule has 0 N–H and O–H groups in total. The number of methoxy groups -OCH3 is 1. The Bertz CT molecular complexity index is 1730. The van der Waals surface area contributed by atoms with Gasteiger partial charge in [0.25, 0.3) is 0 Å². The third-order valence-electron chi connectivity index (χ3n) is 8.51. The van der Waals surface area contributed by atoms with E-state index in [1.165, 1.54) is 35.7 Å². The number of sulfonamides is 1. The highest BCUT2D eigenvalue weighted by atomic mass is 32.2. The summed E-state index contributed by atoms with van der Waals surface area (Å²) in [4.78, 5) is 11.7. The molecular formula is C32H31F4NO7S. The molecule has 1 aliphatic carbocycles. The second-order valence-electron chi connectivity index (χ2n) is 11.5. The van der Waals surface area contributed by atoms with E-state index >= 15 is 4.39 Å². The van der Waals surface area contributed by atoms with Crippen molar-refractivity contribution in [1.82, 2.24) is 4.31 Å². The van der Waals surface area contributed by atoms with E-state index in [-0.39, 0.29) is 66.1 Å². The largest absolute Gasteiger partial charge is 0.492 e. The van der Waals surface area contributed by atoms with Crippen LogP contribution in [0.3, 0.4) is 0 Å². The molecule has 0 aromatic heterocycles. The zero-order valence-corrected chi connectivity index (χ0v) is 25.3. The van der Waals surface area contributed by atoms with Gasteiger partial charge in [0.15, 0.2) is 0 Å². The number of esters is 1. The highest BCUT2D eigenvalue weighted by Gasteiger charge is 2.40. The van der Waals surface area contributed by atoms with E-state index in [0.717, 1.165) is 11.8 Å². The highest BCUT2D eigenvalue weighted by molar-refractivity contribution is 7.88. The van der Waals surface area contributed by atoms with Gasteiger partial charge in [-0.25, -0.2) is 12.8 Å². The molecule has 13 heteroatoms. The Kier molecular flexibility index (Phi) is 8.19. The molecule has 0 amide bonds. The van der Waals surface area contributed by atoms with Gasteiger partial charge in [-0.15, -0.1) is 0 Å². The average molecular weight is 650 g/mol. The lowest BCUT2D eigenvalue weighted by Gasteiger charge is -2.21. The topological polar surface area (TPSA) is 91.4 Å². The number of benzene rings is 3. The number of halogens is 4. The molecule has 2 aliphatic heterocycles. The van der Waals surface area contributed by atoms with Gasteiger partial charge in [0.2, 0.25) is 10.0 Å². The summed E-state index contributed by atoms with van der Waals surface area (Å²) in [5.41, 5.74) is 0.194. The first-order chi connectivity index (χ1) is 21.3. The third-order valence-corrected chi connectivity index (χ3v) is 9.78. The summed E-state index contributed by atoms with van der Waals surface area (Å²) in [6.45, 7) is 0.813. The predicted molar refractivity (Wildman–Crippen MR) is 155 cm³/mol. The maximum Gasteiger partial charge on any atom is 0.417 e. The predicted octanol–water partition coefficient (Wildman–Crippen LogP) is 6.03. The Morgan fingerprint density at radius 1 is 1.04 bits per heavy atom. The van der Waals surface area contributed by atoms with Gasteiger partial charge in [-0.05, 0) is 60.2 Å². The van der Waals surface area contributed by atoms with Crippen molar-refractivity contribution >= 4 is 16.0 Å². The molecular weight excluding hydrogens is 618 g/mol. The van der Waals surface area contributed by atoms with Gasteiger partial charge in [-0.1, -0.05) is 18.2 Å². The molecule has 1 fully saturated rings. The van der Waals surface area contributed by atoms with E-state index in [1.54, 1.807) is 18.2 Å². The van der Waals surface area contributed by atoms with Gasteiger partial charge in [-0.3, -0.25) is 4.79 Å². The normalized spacial score (nSPS) is 21.2. The molecule has 1 saturated heterocycles. The Morgan fingerprint density at radius 3 is 2.44 bits per heavy atom. The second kappa shape index (κ2) is 11.8. The molecule has 3 unspecified atom stereocenters. The molecule has 240 valence electrons. The molecule has 0 radical (unpaired) electrons. The van der Waals surface area contributed by atoms with Crippen molar-refractivity contribution < 1.29 is 49.7 Å². The number of rotatable bonds is 8. The Morgan fingerprint density at radius 2 is 1.78 bits per heavy atom. The van der Waals surface area contributed by atoms with Crippen LogP contribution in [-0.2, 0) is 32.2 Å². The summed E-state index contributed by atoms with van der Waals surface area (Å²) in [6.07, 6.45) is -3.81. The maximum atomic E-state index is 15.4. The fraction of sp³-hybridized carbons (Fsp3) is 0.406. The van der Waals surface area contributed by atoms with E-state index in [9.17, 15) is 26.4 Å². The average Bonchev–Trinajstić information content (AvgIpc) is 3.72. The van der Waals surface area contributed by atoms with Crippen LogP contribution in [0.2, 0.25) is 0 Å². The first-order valence-corrected chi connectivity index (χ1v) is 16.3.